The number of carbonyl (C=O) groups is 1. The molecule has 0 aromatic carbocycles. The number of thiophene rings is 1. The topological polar surface area (TPSA) is 50.4 Å². The molecule has 6 heteroatoms. The van der Waals surface area contributed by atoms with Gasteiger partial charge < -0.3 is 15.4 Å². The van der Waals surface area contributed by atoms with Crippen molar-refractivity contribution in [2.75, 3.05) is 25.0 Å². The Morgan fingerprint density at radius 2 is 2.62 bits per heavy atom. The molecule has 2 N–H and O–H groups in total. The second-order valence-corrected chi connectivity index (χ2v) is 5.41. The van der Waals surface area contributed by atoms with Gasteiger partial charge in [0.15, 0.2) is 0 Å². The molecule has 1 unspecified atom stereocenters. The highest BCUT2D eigenvalue weighted by atomic mass is 79.9. The fraction of sp³-hybridized carbons (Fsp3) is 0.500. The molecule has 1 fully saturated rings. The van der Waals surface area contributed by atoms with E-state index in [4.69, 9.17) is 4.74 Å². The number of amides is 1. The van der Waals surface area contributed by atoms with Gasteiger partial charge in [0, 0.05) is 22.9 Å². The van der Waals surface area contributed by atoms with E-state index >= 15 is 0 Å². The van der Waals surface area contributed by atoms with Crippen LogP contribution in [-0.2, 0) is 9.53 Å². The largest absolute Gasteiger partial charge is 0.375 e. The number of hydrogen-bond acceptors (Lipinski definition) is 4. The number of hydrogen-bond donors (Lipinski definition) is 2. The zero-order valence-corrected chi connectivity index (χ0v) is 11.1. The lowest BCUT2D eigenvalue weighted by Crippen LogP contribution is -2.40. The predicted molar refractivity (Wildman–Crippen MR) is 67.9 cm³/mol. The van der Waals surface area contributed by atoms with Gasteiger partial charge in [-0.15, -0.1) is 11.3 Å². The number of anilines is 1. The number of carbonyl (C=O) groups excluding carboxylic acids is 1. The van der Waals surface area contributed by atoms with Gasteiger partial charge in [-0.3, -0.25) is 4.79 Å². The maximum atomic E-state index is 11.7. The second kappa shape index (κ2) is 5.77. The van der Waals surface area contributed by atoms with Crippen molar-refractivity contribution >= 4 is 38.2 Å². The second-order valence-electron chi connectivity index (χ2n) is 3.58. The van der Waals surface area contributed by atoms with Crippen molar-refractivity contribution in [2.24, 2.45) is 0 Å². The van der Waals surface area contributed by atoms with Gasteiger partial charge in [0.2, 0.25) is 5.91 Å². The molecule has 4 nitrogen and oxygen atoms in total. The van der Waals surface area contributed by atoms with E-state index in [0.717, 1.165) is 22.6 Å². The van der Waals surface area contributed by atoms with Crippen molar-refractivity contribution in [2.45, 2.75) is 12.5 Å². The summed E-state index contributed by atoms with van der Waals surface area (Å²) in [6.07, 6.45) is 0.403. The van der Waals surface area contributed by atoms with Gasteiger partial charge in [-0.05, 0) is 22.0 Å². The van der Waals surface area contributed by atoms with Crippen LogP contribution in [0.25, 0.3) is 0 Å². The lowest BCUT2D eigenvalue weighted by molar-refractivity contribution is -0.119. The van der Waals surface area contributed by atoms with Gasteiger partial charge in [-0.1, -0.05) is 0 Å². The van der Waals surface area contributed by atoms with Gasteiger partial charge in [-0.25, -0.2) is 0 Å². The fourth-order valence-corrected chi connectivity index (χ4v) is 2.86. The number of rotatable bonds is 3. The number of morpholine rings is 1. The smallest absolute Gasteiger partial charge is 0.227 e. The van der Waals surface area contributed by atoms with Crippen LogP contribution in [0.4, 0.5) is 5.00 Å². The van der Waals surface area contributed by atoms with E-state index in [1.54, 1.807) is 0 Å². The van der Waals surface area contributed by atoms with E-state index in [2.05, 4.69) is 26.6 Å². The van der Waals surface area contributed by atoms with Crippen molar-refractivity contribution < 1.29 is 9.53 Å². The van der Waals surface area contributed by atoms with Gasteiger partial charge in [0.25, 0.3) is 0 Å². The zero-order chi connectivity index (χ0) is 11.4. The normalized spacial score (nSPS) is 20.7. The van der Waals surface area contributed by atoms with E-state index in [0.29, 0.717) is 13.0 Å². The maximum Gasteiger partial charge on any atom is 0.227 e. The van der Waals surface area contributed by atoms with E-state index in [1.165, 1.54) is 11.3 Å². The highest BCUT2D eigenvalue weighted by Gasteiger charge is 2.17. The minimum atomic E-state index is -0.00264. The molecule has 1 saturated heterocycles. The lowest BCUT2D eigenvalue weighted by Gasteiger charge is -2.22. The van der Waals surface area contributed by atoms with Gasteiger partial charge in [0.1, 0.15) is 0 Å². The van der Waals surface area contributed by atoms with Crippen LogP contribution in [0.2, 0.25) is 0 Å². The third-order valence-corrected chi connectivity index (χ3v) is 3.85. The summed E-state index contributed by atoms with van der Waals surface area (Å²) in [7, 11) is 0. The van der Waals surface area contributed by atoms with Crippen LogP contribution in [0.1, 0.15) is 6.42 Å². The summed E-state index contributed by atoms with van der Waals surface area (Å²) in [5.41, 5.74) is 0. The first-order chi connectivity index (χ1) is 7.74. The molecule has 0 aliphatic carbocycles. The molecule has 2 heterocycles. The first-order valence-electron chi connectivity index (χ1n) is 5.10. The molecule has 1 aromatic rings. The molecule has 1 aromatic heterocycles. The minimum Gasteiger partial charge on any atom is -0.375 e. The van der Waals surface area contributed by atoms with Crippen molar-refractivity contribution in [3.63, 3.8) is 0 Å². The van der Waals surface area contributed by atoms with Gasteiger partial charge in [0.05, 0.1) is 24.1 Å². The first kappa shape index (κ1) is 12.0. The van der Waals surface area contributed by atoms with Crippen LogP contribution < -0.4 is 10.6 Å². The molecule has 0 bridgehead atoms. The van der Waals surface area contributed by atoms with Crippen molar-refractivity contribution in [1.29, 1.82) is 0 Å². The summed E-state index contributed by atoms with van der Waals surface area (Å²) in [6.45, 7) is 2.31. The number of nitrogens with one attached hydrogen (secondary N) is 2. The van der Waals surface area contributed by atoms with E-state index in [1.807, 2.05) is 11.4 Å². The molecule has 0 spiro atoms. The molecular formula is C10H13BrN2O2S. The Hall–Kier alpha value is -0.430. The third-order valence-electron chi connectivity index (χ3n) is 2.25. The van der Waals surface area contributed by atoms with Crippen LogP contribution in [0.15, 0.2) is 15.9 Å². The Labute approximate surface area is 106 Å². The van der Waals surface area contributed by atoms with Crippen LogP contribution in [0, 0.1) is 0 Å². The van der Waals surface area contributed by atoms with Gasteiger partial charge in [-0.2, -0.15) is 0 Å². The Morgan fingerprint density at radius 3 is 3.25 bits per heavy atom. The summed E-state index contributed by atoms with van der Waals surface area (Å²) in [5, 5.41) is 8.85. The number of halogens is 1. The molecule has 16 heavy (non-hydrogen) atoms. The highest BCUT2D eigenvalue weighted by molar-refractivity contribution is 9.10. The lowest BCUT2D eigenvalue weighted by atomic mass is 10.2. The molecule has 0 radical (unpaired) electrons. The molecule has 88 valence electrons. The Morgan fingerprint density at radius 1 is 1.75 bits per heavy atom. The predicted octanol–water partition coefficient (Wildman–Crippen LogP) is 1.83. The molecule has 1 aliphatic rings. The molecule has 0 saturated carbocycles. The van der Waals surface area contributed by atoms with E-state index in [-0.39, 0.29) is 12.0 Å². The first-order valence-corrected chi connectivity index (χ1v) is 6.77. The van der Waals surface area contributed by atoms with Crippen molar-refractivity contribution in [3.05, 3.63) is 15.9 Å². The van der Waals surface area contributed by atoms with Crippen molar-refractivity contribution in [3.8, 4) is 0 Å². The summed E-state index contributed by atoms with van der Waals surface area (Å²) in [4.78, 5) is 11.7. The molecule has 2 rings (SSSR count). The SMILES string of the molecule is O=C(CC1CNCCO1)Nc1cc(Br)cs1. The average Bonchev–Trinajstić information content (AvgIpc) is 2.65. The minimum absolute atomic E-state index is 0.00264. The molecule has 1 aliphatic heterocycles. The highest BCUT2D eigenvalue weighted by Crippen LogP contribution is 2.24. The summed E-state index contributed by atoms with van der Waals surface area (Å²) in [5.74, 6) is 0.00282. The fourth-order valence-electron chi connectivity index (χ4n) is 1.52. The van der Waals surface area contributed by atoms with Crippen LogP contribution >= 0.6 is 27.3 Å². The van der Waals surface area contributed by atoms with Crippen LogP contribution in [0.5, 0.6) is 0 Å². The summed E-state index contributed by atoms with van der Waals surface area (Å²) in [6, 6.07) is 1.89. The molecular weight excluding hydrogens is 292 g/mol. The number of ether oxygens (including phenoxy) is 1. The molecule has 1 atom stereocenters. The average molecular weight is 305 g/mol. The third kappa shape index (κ3) is 3.55. The monoisotopic (exact) mass is 304 g/mol. The molecule has 1 amide bonds. The summed E-state index contributed by atoms with van der Waals surface area (Å²) < 4.78 is 6.45. The standard InChI is InChI=1S/C10H13BrN2O2S/c11-7-3-10(16-6-7)13-9(14)4-8-5-12-1-2-15-8/h3,6,8,12H,1-2,4-5H2,(H,13,14). The van der Waals surface area contributed by atoms with E-state index in [9.17, 15) is 4.79 Å². The van der Waals surface area contributed by atoms with Gasteiger partial charge >= 0.3 is 0 Å². The Balaban J connectivity index is 1.79. The van der Waals surface area contributed by atoms with Crippen LogP contribution in [-0.4, -0.2) is 31.7 Å². The Kier molecular flexibility index (Phi) is 4.34. The maximum absolute atomic E-state index is 11.7. The summed E-state index contributed by atoms with van der Waals surface area (Å²) >= 11 is 4.85. The van der Waals surface area contributed by atoms with E-state index < -0.39 is 0 Å². The zero-order valence-electron chi connectivity index (χ0n) is 8.66. The van der Waals surface area contributed by atoms with Crippen molar-refractivity contribution in [1.82, 2.24) is 5.32 Å². The quantitative estimate of drug-likeness (QED) is 0.896. The van der Waals surface area contributed by atoms with Crippen LogP contribution in [0.3, 0.4) is 0 Å². The Bertz CT molecular complexity index is 363.